The van der Waals surface area contributed by atoms with Crippen molar-refractivity contribution in [1.29, 1.82) is 0 Å². The summed E-state index contributed by atoms with van der Waals surface area (Å²) in [5.41, 5.74) is 11.2. The molecule has 0 spiro atoms. The molecule has 0 saturated heterocycles. The third kappa shape index (κ3) is 1.51. The summed E-state index contributed by atoms with van der Waals surface area (Å²) in [6.07, 6.45) is 1.10. The number of aryl methyl sites for hydroxylation is 1. The van der Waals surface area contributed by atoms with Crippen LogP contribution in [0.2, 0.25) is 0 Å². The van der Waals surface area contributed by atoms with E-state index in [1.54, 1.807) is 0 Å². The van der Waals surface area contributed by atoms with Crippen molar-refractivity contribution < 1.29 is 0 Å². The molecule has 0 radical (unpaired) electrons. The molecule has 1 aromatic heterocycles. The Balaban J connectivity index is 2.36. The van der Waals surface area contributed by atoms with Gasteiger partial charge in [-0.15, -0.1) is 0 Å². The van der Waals surface area contributed by atoms with Gasteiger partial charge in [0.25, 0.3) is 0 Å². The van der Waals surface area contributed by atoms with E-state index in [0.717, 1.165) is 13.0 Å². The minimum atomic E-state index is 0.0459. The zero-order valence-electron chi connectivity index (χ0n) is 11.4. The molecule has 0 amide bonds. The van der Waals surface area contributed by atoms with Gasteiger partial charge in [0, 0.05) is 36.7 Å². The Bertz CT molecular complexity index is 608. The van der Waals surface area contributed by atoms with Gasteiger partial charge in [0.15, 0.2) is 0 Å². The topological polar surface area (TPSA) is 43.0 Å². The van der Waals surface area contributed by atoms with Gasteiger partial charge in [0.05, 0.1) is 5.54 Å². The highest BCUT2D eigenvalue weighted by Gasteiger charge is 2.31. The summed E-state index contributed by atoms with van der Waals surface area (Å²) in [5, 5.41) is 4.98. The molecule has 96 valence electrons. The molecule has 1 aromatic carbocycles. The summed E-state index contributed by atoms with van der Waals surface area (Å²) in [5.74, 6) is 0. The molecule has 3 rings (SSSR count). The average molecular weight is 243 g/mol. The third-order valence-electron chi connectivity index (χ3n) is 4.14. The minimum Gasteiger partial charge on any atom is -0.346 e. The van der Waals surface area contributed by atoms with Crippen LogP contribution >= 0.6 is 0 Å². The van der Waals surface area contributed by atoms with Crippen molar-refractivity contribution in [3.8, 4) is 0 Å². The fraction of sp³-hybridized carbons (Fsp3) is 0.467. The van der Waals surface area contributed by atoms with Crippen molar-refractivity contribution in [2.75, 3.05) is 6.54 Å². The first-order valence-electron chi connectivity index (χ1n) is 6.60. The number of nitrogens with one attached hydrogen (secondary N) is 1. The summed E-state index contributed by atoms with van der Waals surface area (Å²) < 4.78 is 2.33. The van der Waals surface area contributed by atoms with Crippen molar-refractivity contribution in [3.05, 3.63) is 35.0 Å². The van der Waals surface area contributed by atoms with Gasteiger partial charge in [0.1, 0.15) is 0 Å². The molecule has 0 aliphatic carbocycles. The molecule has 3 N–H and O–H groups in total. The van der Waals surface area contributed by atoms with Crippen LogP contribution in [-0.2, 0) is 25.6 Å². The highest BCUT2D eigenvalue weighted by atomic mass is 15.1. The van der Waals surface area contributed by atoms with E-state index in [-0.39, 0.29) is 5.54 Å². The predicted molar refractivity (Wildman–Crippen MR) is 75.5 cm³/mol. The number of benzene rings is 1. The molecule has 18 heavy (non-hydrogen) atoms. The van der Waals surface area contributed by atoms with Crippen molar-refractivity contribution in [2.45, 2.75) is 32.4 Å². The van der Waals surface area contributed by atoms with Gasteiger partial charge in [0.2, 0.25) is 0 Å². The molecular formula is C15H21N3. The molecule has 1 aliphatic rings. The number of nitrogens with two attached hydrogens (primary N) is 1. The standard InChI is InChI=1S/C15H21N3/c1-15(2)14-11(6-7-17-15)12-8-10(9-16)4-5-13(12)18(14)3/h4-5,8,17H,6-7,9,16H2,1-3H3. The average Bonchev–Trinajstić information content (AvgIpc) is 2.63. The van der Waals surface area contributed by atoms with Gasteiger partial charge in [-0.25, -0.2) is 0 Å². The lowest BCUT2D eigenvalue weighted by atomic mass is 9.90. The zero-order valence-corrected chi connectivity index (χ0v) is 11.4. The number of hydrogen-bond donors (Lipinski definition) is 2. The Hall–Kier alpha value is -1.32. The fourth-order valence-electron chi connectivity index (χ4n) is 3.33. The first-order chi connectivity index (χ1) is 8.54. The molecule has 0 atom stereocenters. The first-order valence-corrected chi connectivity index (χ1v) is 6.60. The van der Waals surface area contributed by atoms with Crippen LogP contribution in [0.25, 0.3) is 10.9 Å². The lowest BCUT2D eigenvalue weighted by molar-refractivity contribution is 0.363. The summed E-state index contributed by atoms with van der Waals surface area (Å²) >= 11 is 0. The lowest BCUT2D eigenvalue weighted by Gasteiger charge is -2.33. The second-order valence-corrected chi connectivity index (χ2v) is 5.74. The van der Waals surface area contributed by atoms with E-state index in [2.05, 4.69) is 49.0 Å². The van der Waals surface area contributed by atoms with Crippen LogP contribution in [0.4, 0.5) is 0 Å². The molecule has 2 heterocycles. The fourth-order valence-corrected chi connectivity index (χ4v) is 3.33. The van der Waals surface area contributed by atoms with E-state index in [9.17, 15) is 0 Å². The molecule has 2 aromatic rings. The summed E-state index contributed by atoms with van der Waals surface area (Å²) in [7, 11) is 2.16. The Labute approximate surface area is 108 Å². The molecule has 0 bridgehead atoms. The van der Waals surface area contributed by atoms with Gasteiger partial charge in [-0.3, -0.25) is 0 Å². The maximum absolute atomic E-state index is 5.76. The molecular weight excluding hydrogens is 222 g/mol. The number of hydrogen-bond acceptors (Lipinski definition) is 2. The monoisotopic (exact) mass is 243 g/mol. The van der Waals surface area contributed by atoms with Gasteiger partial charge in [-0.05, 0) is 43.5 Å². The first kappa shape index (κ1) is 11.8. The normalized spacial score (nSPS) is 18.0. The number of nitrogens with zero attached hydrogens (tertiary/aromatic N) is 1. The smallest absolute Gasteiger partial charge is 0.0534 e. The Kier molecular flexibility index (Phi) is 2.50. The van der Waals surface area contributed by atoms with Crippen LogP contribution in [0.1, 0.15) is 30.7 Å². The van der Waals surface area contributed by atoms with Gasteiger partial charge in [-0.2, -0.15) is 0 Å². The van der Waals surface area contributed by atoms with Crippen LogP contribution < -0.4 is 11.1 Å². The Morgan fingerprint density at radius 2 is 2.17 bits per heavy atom. The van der Waals surface area contributed by atoms with Gasteiger partial charge < -0.3 is 15.6 Å². The molecule has 3 nitrogen and oxygen atoms in total. The zero-order chi connectivity index (χ0) is 12.9. The van der Waals surface area contributed by atoms with Crippen LogP contribution in [0.5, 0.6) is 0 Å². The van der Waals surface area contributed by atoms with E-state index >= 15 is 0 Å². The number of fused-ring (bicyclic) bond motifs is 3. The Morgan fingerprint density at radius 1 is 1.39 bits per heavy atom. The van der Waals surface area contributed by atoms with E-state index in [0.29, 0.717) is 6.54 Å². The maximum atomic E-state index is 5.76. The predicted octanol–water partition coefficient (Wildman–Crippen LogP) is 2.02. The summed E-state index contributed by atoms with van der Waals surface area (Å²) in [6.45, 7) is 6.18. The van der Waals surface area contributed by atoms with Crippen molar-refractivity contribution in [2.24, 2.45) is 12.8 Å². The lowest BCUT2D eigenvalue weighted by Crippen LogP contribution is -2.43. The molecule has 0 unspecified atom stereocenters. The van der Waals surface area contributed by atoms with E-state index < -0.39 is 0 Å². The quantitative estimate of drug-likeness (QED) is 0.804. The van der Waals surface area contributed by atoms with Gasteiger partial charge in [-0.1, -0.05) is 6.07 Å². The van der Waals surface area contributed by atoms with E-state index in [1.165, 1.54) is 27.7 Å². The van der Waals surface area contributed by atoms with E-state index in [4.69, 9.17) is 5.73 Å². The van der Waals surface area contributed by atoms with Crippen LogP contribution in [0.15, 0.2) is 18.2 Å². The second kappa shape index (κ2) is 3.84. The highest BCUT2D eigenvalue weighted by Crippen LogP contribution is 2.35. The SMILES string of the molecule is Cn1c2c(c3cc(CN)ccc31)CCNC2(C)C. The third-order valence-corrected chi connectivity index (χ3v) is 4.14. The van der Waals surface area contributed by atoms with Crippen LogP contribution in [0.3, 0.4) is 0 Å². The van der Waals surface area contributed by atoms with Crippen molar-refractivity contribution >= 4 is 10.9 Å². The molecule has 3 heteroatoms. The van der Waals surface area contributed by atoms with E-state index in [1.807, 2.05) is 0 Å². The number of rotatable bonds is 1. The molecule has 0 fully saturated rings. The molecule has 1 aliphatic heterocycles. The van der Waals surface area contributed by atoms with Crippen LogP contribution in [0, 0.1) is 0 Å². The minimum absolute atomic E-state index is 0.0459. The number of aromatic nitrogens is 1. The largest absolute Gasteiger partial charge is 0.346 e. The summed E-state index contributed by atoms with van der Waals surface area (Å²) in [4.78, 5) is 0. The Morgan fingerprint density at radius 3 is 2.89 bits per heavy atom. The van der Waals surface area contributed by atoms with Crippen LogP contribution in [-0.4, -0.2) is 11.1 Å². The maximum Gasteiger partial charge on any atom is 0.0534 e. The molecule has 0 saturated carbocycles. The van der Waals surface area contributed by atoms with Crippen molar-refractivity contribution in [1.82, 2.24) is 9.88 Å². The van der Waals surface area contributed by atoms with Gasteiger partial charge >= 0.3 is 0 Å². The van der Waals surface area contributed by atoms with Crippen molar-refractivity contribution in [3.63, 3.8) is 0 Å². The summed E-state index contributed by atoms with van der Waals surface area (Å²) in [6, 6.07) is 6.59. The second-order valence-electron chi connectivity index (χ2n) is 5.74. The highest BCUT2D eigenvalue weighted by molar-refractivity contribution is 5.87.